The van der Waals surface area contributed by atoms with Crippen molar-refractivity contribution in [3.63, 3.8) is 0 Å². The average Bonchev–Trinajstić information content (AvgIpc) is 2.93. The molecule has 7 nitrogen and oxygen atoms in total. The summed E-state index contributed by atoms with van der Waals surface area (Å²) < 4.78 is 0. The lowest BCUT2D eigenvalue weighted by molar-refractivity contribution is -0.143. The summed E-state index contributed by atoms with van der Waals surface area (Å²) in [5.41, 5.74) is 0.759. The third-order valence-electron chi connectivity index (χ3n) is 4.44. The summed E-state index contributed by atoms with van der Waals surface area (Å²) in [6, 6.07) is 4.54. The molecule has 3 atom stereocenters. The monoisotopic (exact) mass is 333 g/mol. The van der Waals surface area contributed by atoms with Crippen LogP contribution in [0.1, 0.15) is 32.4 Å². The van der Waals surface area contributed by atoms with Gasteiger partial charge < -0.3 is 15.3 Å². The standard InChI is InChI=1S/C17H23N3O4/c1-3-11(2)15(17(23)24)19-16(22)12-8-14(21)20(9-12)10-13-6-4-5-7-18-13/h4-7,11-12,15H,3,8-10H2,1-2H3,(H,19,22)(H,23,24)/t11-,12+,15-/m0/s1. The van der Waals surface area contributed by atoms with E-state index in [1.54, 1.807) is 24.1 Å². The fraction of sp³-hybridized carbons (Fsp3) is 0.529. The number of nitrogens with one attached hydrogen (secondary N) is 1. The smallest absolute Gasteiger partial charge is 0.326 e. The Hall–Kier alpha value is -2.44. The van der Waals surface area contributed by atoms with Crippen LogP contribution in [0.5, 0.6) is 0 Å². The molecular formula is C17H23N3O4. The Morgan fingerprint density at radius 2 is 2.21 bits per heavy atom. The minimum absolute atomic E-state index is 0.103. The maximum absolute atomic E-state index is 12.4. The molecule has 0 saturated carbocycles. The highest BCUT2D eigenvalue weighted by Crippen LogP contribution is 2.20. The van der Waals surface area contributed by atoms with Crippen LogP contribution in [0.3, 0.4) is 0 Å². The van der Waals surface area contributed by atoms with E-state index in [1.165, 1.54) is 0 Å². The van der Waals surface area contributed by atoms with Gasteiger partial charge in [0.25, 0.3) is 0 Å². The second kappa shape index (κ2) is 7.90. The predicted octanol–water partition coefficient (Wildman–Crippen LogP) is 1.05. The highest BCUT2D eigenvalue weighted by Gasteiger charge is 2.36. The fourth-order valence-electron chi connectivity index (χ4n) is 2.74. The quantitative estimate of drug-likeness (QED) is 0.777. The van der Waals surface area contributed by atoms with Crippen molar-refractivity contribution in [3.05, 3.63) is 30.1 Å². The first-order valence-corrected chi connectivity index (χ1v) is 8.13. The van der Waals surface area contributed by atoms with Gasteiger partial charge in [0.05, 0.1) is 18.2 Å². The van der Waals surface area contributed by atoms with Gasteiger partial charge in [0.15, 0.2) is 0 Å². The van der Waals surface area contributed by atoms with Crippen LogP contribution in [0.2, 0.25) is 0 Å². The number of carboxylic acid groups (broad SMARTS) is 1. The van der Waals surface area contributed by atoms with Gasteiger partial charge in [-0.3, -0.25) is 14.6 Å². The summed E-state index contributed by atoms with van der Waals surface area (Å²) in [5.74, 6) is -2.23. The number of amides is 2. The van der Waals surface area contributed by atoms with Crippen LogP contribution in [-0.2, 0) is 20.9 Å². The van der Waals surface area contributed by atoms with Gasteiger partial charge in [-0.05, 0) is 18.1 Å². The van der Waals surface area contributed by atoms with Crippen molar-refractivity contribution >= 4 is 17.8 Å². The molecular weight excluding hydrogens is 310 g/mol. The number of aromatic nitrogens is 1. The van der Waals surface area contributed by atoms with E-state index >= 15 is 0 Å². The molecule has 1 saturated heterocycles. The van der Waals surface area contributed by atoms with Crippen LogP contribution >= 0.6 is 0 Å². The molecule has 0 aromatic carbocycles. The Kier molecular flexibility index (Phi) is 5.89. The lowest BCUT2D eigenvalue weighted by Gasteiger charge is -2.22. The Balaban J connectivity index is 1.96. The maximum Gasteiger partial charge on any atom is 0.326 e. The largest absolute Gasteiger partial charge is 0.480 e. The van der Waals surface area contributed by atoms with Gasteiger partial charge in [0.1, 0.15) is 6.04 Å². The summed E-state index contributed by atoms with van der Waals surface area (Å²) in [6.07, 6.45) is 2.40. The minimum Gasteiger partial charge on any atom is -0.480 e. The summed E-state index contributed by atoms with van der Waals surface area (Å²) in [4.78, 5) is 41.5. The molecule has 1 fully saturated rings. The Bertz CT molecular complexity index is 605. The number of hydrogen-bond donors (Lipinski definition) is 2. The number of aliphatic carboxylic acids is 1. The predicted molar refractivity (Wildman–Crippen MR) is 86.8 cm³/mol. The van der Waals surface area contributed by atoms with Gasteiger partial charge in [0, 0.05) is 19.2 Å². The Morgan fingerprint density at radius 1 is 1.46 bits per heavy atom. The van der Waals surface area contributed by atoms with Crippen LogP contribution in [0.15, 0.2) is 24.4 Å². The number of likely N-dealkylation sites (tertiary alicyclic amines) is 1. The number of pyridine rings is 1. The van der Waals surface area contributed by atoms with Crippen LogP contribution in [0.4, 0.5) is 0 Å². The third kappa shape index (κ3) is 4.31. The summed E-state index contributed by atoms with van der Waals surface area (Å²) in [6.45, 7) is 4.30. The second-order valence-corrected chi connectivity index (χ2v) is 6.21. The molecule has 0 aliphatic carbocycles. The van der Waals surface area contributed by atoms with Crippen molar-refractivity contribution in [3.8, 4) is 0 Å². The molecule has 2 amide bonds. The van der Waals surface area contributed by atoms with Gasteiger partial charge in [-0.2, -0.15) is 0 Å². The zero-order chi connectivity index (χ0) is 17.7. The first-order valence-electron chi connectivity index (χ1n) is 8.13. The molecule has 0 bridgehead atoms. The lowest BCUT2D eigenvalue weighted by atomic mass is 9.98. The van der Waals surface area contributed by atoms with E-state index in [1.807, 2.05) is 19.1 Å². The highest BCUT2D eigenvalue weighted by molar-refractivity contribution is 5.91. The zero-order valence-corrected chi connectivity index (χ0v) is 13.9. The Morgan fingerprint density at radius 3 is 2.79 bits per heavy atom. The van der Waals surface area contributed by atoms with Gasteiger partial charge >= 0.3 is 5.97 Å². The summed E-state index contributed by atoms with van der Waals surface area (Å²) in [7, 11) is 0. The first kappa shape index (κ1) is 17.9. The van der Waals surface area contributed by atoms with Crippen molar-refractivity contribution in [1.29, 1.82) is 0 Å². The van der Waals surface area contributed by atoms with Crippen molar-refractivity contribution in [2.75, 3.05) is 6.54 Å². The van der Waals surface area contributed by atoms with E-state index in [2.05, 4.69) is 10.3 Å². The molecule has 1 aliphatic heterocycles. The Labute approximate surface area is 141 Å². The molecule has 130 valence electrons. The highest BCUT2D eigenvalue weighted by atomic mass is 16.4. The van der Waals surface area contributed by atoms with Crippen LogP contribution < -0.4 is 5.32 Å². The number of carbonyl (C=O) groups excluding carboxylic acids is 2. The van der Waals surface area contributed by atoms with Gasteiger partial charge in [0.2, 0.25) is 11.8 Å². The third-order valence-corrected chi connectivity index (χ3v) is 4.44. The SMILES string of the molecule is CC[C@H](C)[C@H](NC(=O)[C@@H]1CC(=O)N(Cc2ccccn2)C1)C(=O)O. The molecule has 1 aliphatic rings. The fourth-order valence-corrected chi connectivity index (χ4v) is 2.74. The molecule has 0 unspecified atom stereocenters. The topological polar surface area (TPSA) is 99.6 Å². The van der Waals surface area contributed by atoms with Crippen molar-refractivity contribution < 1.29 is 19.5 Å². The molecule has 1 aromatic rings. The number of carboxylic acids is 1. The van der Waals surface area contributed by atoms with E-state index in [0.29, 0.717) is 13.0 Å². The minimum atomic E-state index is -1.05. The molecule has 1 aromatic heterocycles. The van der Waals surface area contributed by atoms with Gasteiger partial charge in [-0.25, -0.2) is 4.79 Å². The van der Waals surface area contributed by atoms with Crippen LogP contribution in [0.25, 0.3) is 0 Å². The summed E-state index contributed by atoms with van der Waals surface area (Å²) >= 11 is 0. The van der Waals surface area contributed by atoms with E-state index in [0.717, 1.165) is 5.69 Å². The summed E-state index contributed by atoms with van der Waals surface area (Å²) in [5, 5.41) is 11.8. The molecule has 2 heterocycles. The van der Waals surface area contributed by atoms with E-state index in [4.69, 9.17) is 0 Å². The van der Waals surface area contributed by atoms with Crippen molar-refractivity contribution in [2.45, 2.75) is 39.3 Å². The van der Waals surface area contributed by atoms with Crippen molar-refractivity contribution in [2.24, 2.45) is 11.8 Å². The van der Waals surface area contributed by atoms with E-state index in [9.17, 15) is 19.5 Å². The second-order valence-electron chi connectivity index (χ2n) is 6.21. The molecule has 2 N–H and O–H groups in total. The van der Waals surface area contributed by atoms with Crippen molar-refractivity contribution in [1.82, 2.24) is 15.2 Å². The molecule has 2 rings (SSSR count). The molecule has 0 spiro atoms. The maximum atomic E-state index is 12.4. The molecule has 0 radical (unpaired) electrons. The van der Waals surface area contributed by atoms with Crippen LogP contribution in [-0.4, -0.2) is 45.4 Å². The first-order chi connectivity index (χ1) is 11.4. The van der Waals surface area contributed by atoms with Gasteiger partial charge in [-0.1, -0.05) is 26.3 Å². The van der Waals surface area contributed by atoms with E-state index in [-0.39, 0.29) is 30.7 Å². The zero-order valence-electron chi connectivity index (χ0n) is 13.9. The van der Waals surface area contributed by atoms with Gasteiger partial charge in [-0.15, -0.1) is 0 Å². The molecule has 7 heteroatoms. The average molecular weight is 333 g/mol. The number of nitrogens with zero attached hydrogens (tertiary/aromatic N) is 2. The van der Waals surface area contributed by atoms with Crippen LogP contribution in [0, 0.1) is 11.8 Å². The normalized spacial score (nSPS) is 19.8. The van der Waals surface area contributed by atoms with E-state index < -0.39 is 17.9 Å². The molecule has 24 heavy (non-hydrogen) atoms. The number of hydrogen-bond acceptors (Lipinski definition) is 4. The number of rotatable bonds is 7. The number of carbonyl (C=O) groups is 3. The lowest BCUT2D eigenvalue weighted by Crippen LogP contribution is -2.47.